The molecule has 2 aromatic rings. The quantitative estimate of drug-likeness (QED) is 0.854. The van der Waals surface area contributed by atoms with Crippen molar-refractivity contribution in [1.82, 2.24) is 0 Å². The van der Waals surface area contributed by atoms with Crippen LogP contribution in [0, 0.1) is 0 Å². The third kappa shape index (κ3) is 1.73. The maximum absolute atomic E-state index is 11.3. The monoisotopic (exact) mass is 262 g/mol. The summed E-state index contributed by atoms with van der Waals surface area (Å²) in [5, 5.41) is 10.0. The van der Waals surface area contributed by atoms with E-state index in [2.05, 4.69) is 0 Å². The van der Waals surface area contributed by atoms with Gasteiger partial charge in [-0.15, -0.1) is 0 Å². The molecule has 0 bridgehead atoms. The van der Waals surface area contributed by atoms with Crippen molar-refractivity contribution in [2.24, 2.45) is 0 Å². The number of furan rings is 1. The number of carboxylic acids is 1. The molecule has 0 aliphatic carbocycles. The molecule has 0 fully saturated rings. The van der Waals surface area contributed by atoms with Crippen LogP contribution in [0.1, 0.15) is 36.9 Å². The Morgan fingerprint density at radius 2 is 1.84 bits per heavy atom. The Bertz CT molecular complexity index is 675. The standard InChI is InChI=1S/C14H14O5/c1-14(2,3)11-7-4-9-10(18-6-17-9)5-8(7)19-12(11)13(15)16/h4-5H,6H2,1-3H3,(H,15,16). The molecule has 0 atom stereocenters. The first-order valence-electron chi connectivity index (χ1n) is 5.98. The Morgan fingerprint density at radius 1 is 1.21 bits per heavy atom. The minimum atomic E-state index is -1.07. The van der Waals surface area contributed by atoms with Gasteiger partial charge in [-0.2, -0.15) is 0 Å². The Labute approximate surface area is 109 Å². The summed E-state index contributed by atoms with van der Waals surface area (Å²) in [6.45, 7) is 6.04. The van der Waals surface area contributed by atoms with E-state index in [0.717, 1.165) is 5.39 Å². The number of benzene rings is 1. The topological polar surface area (TPSA) is 68.9 Å². The van der Waals surface area contributed by atoms with Crippen LogP contribution >= 0.6 is 0 Å². The van der Waals surface area contributed by atoms with Crippen molar-refractivity contribution in [2.45, 2.75) is 26.2 Å². The molecule has 0 amide bonds. The van der Waals surface area contributed by atoms with Crippen molar-refractivity contribution in [3.63, 3.8) is 0 Å². The summed E-state index contributed by atoms with van der Waals surface area (Å²) in [5.41, 5.74) is 0.840. The zero-order valence-electron chi connectivity index (χ0n) is 10.9. The molecule has 19 heavy (non-hydrogen) atoms. The summed E-state index contributed by atoms with van der Waals surface area (Å²) in [6.07, 6.45) is 0. The zero-order chi connectivity index (χ0) is 13.8. The Kier molecular flexibility index (Phi) is 2.29. The molecule has 2 heterocycles. The summed E-state index contributed by atoms with van der Waals surface area (Å²) < 4.78 is 16.1. The number of rotatable bonds is 1. The van der Waals surface area contributed by atoms with E-state index in [9.17, 15) is 9.90 Å². The van der Waals surface area contributed by atoms with E-state index in [1.807, 2.05) is 20.8 Å². The summed E-state index contributed by atoms with van der Waals surface area (Å²) in [5.74, 6) is 0.115. The predicted octanol–water partition coefficient (Wildman–Crippen LogP) is 3.16. The van der Waals surface area contributed by atoms with Crippen molar-refractivity contribution in [2.75, 3.05) is 6.79 Å². The van der Waals surface area contributed by atoms with E-state index in [4.69, 9.17) is 13.9 Å². The Balaban J connectivity index is 2.36. The van der Waals surface area contributed by atoms with E-state index < -0.39 is 5.97 Å². The molecule has 100 valence electrons. The van der Waals surface area contributed by atoms with Gasteiger partial charge in [0, 0.05) is 17.0 Å². The molecule has 5 heteroatoms. The number of hydrogen-bond donors (Lipinski definition) is 1. The first kappa shape index (κ1) is 11.9. The van der Waals surface area contributed by atoms with Gasteiger partial charge in [-0.05, 0) is 11.5 Å². The maximum atomic E-state index is 11.3. The van der Waals surface area contributed by atoms with Gasteiger partial charge < -0.3 is 19.0 Å². The molecule has 1 aliphatic heterocycles. The fourth-order valence-corrected chi connectivity index (χ4v) is 2.38. The second-order valence-corrected chi connectivity index (χ2v) is 5.56. The van der Waals surface area contributed by atoms with Crippen molar-refractivity contribution >= 4 is 16.9 Å². The highest BCUT2D eigenvalue weighted by molar-refractivity contribution is 5.97. The average molecular weight is 262 g/mol. The maximum Gasteiger partial charge on any atom is 0.372 e. The molecular weight excluding hydrogens is 248 g/mol. The summed E-state index contributed by atoms with van der Waals surface area (Å²) in [7, 11) is 0. The first-order valence-corrected chi connectivity index (χ1v) is 5.98. The van der Waals surface area contributed by atoms with Crippen LogP contribution < -0.4 is 9.47 Å². The second kappa shape index (κ2) is 3.66. The van der Waals surface area contributed by atoms with Crippen LogP contribution in [-0.2, 0) is 5.41 Å². The minimum Gasteiger partial charge on any atom is -0.475 e. The van der Waals surface area contributed by atoms with Gasteiger partial charge in [0.1, 0.15) is 5.58 Å². The fourth-order valence-electron chi connectivity index (χ4n) is 2.38. The Morgan fingerprint density at radius 3 is 2.42 bits per heavy atom. The lowest BCUT2D eigenvalue weighted by Crippen LogP contribution is -2.15. The van der Waals surface area contributed by atoms with Crippen LogP contribution in [0.15, 0.2) is 16.5 Å². The third-order valence-corrected chi connectivity index (χ3v) is 3.13. The van der Waals surface area contributed by atoms with E-state index in [-0.39, 0.29) is 18.0 Å². The molecule has 3 rings (SSSR count). The van der Waals surface area contributed by atoms with Crippen LogP contribution in [0.2, 0.25) is 0 Å². The van der Waals surface area contributed by atoms with Gasteiger partial charge >= 0.3 is 5.97 Å². The van der Waals surface area contributed by atoms with Crippen LogP contribution in [0.4, 0.5) is 0 Å². The molecule has 0 spiro atoms. The van der Waals surface area contributed by atoms with Gasteiger partial charge in [-0.1, -0.05) is 20.8 Å². The molecule has 1 aromatic heterocycles. The van der Waals surface area contributed by atoms with Crippen LogP contribution in [0.5, 0.6) is 11.5 Å². The number of aromatic carboxylic acids is 1. The largest absolute Gasteiger partial charge is 0.475 e. The zero-order valence-corrected chi connectivity index (χ0v) is 10.9. The fraction of sp³-hybridized carbons (Fsp3) is 0.357. The van der Waals surface area contributed by atoms with Gasteiger partial charge in [0.05, 0.1) is 0 Å². The highest BCUT2D eigenvalue weighted by atomic mass is 16.7. The third-order valence-electron chi connectivity index (χ3n) is 3.13. The molecule has 1 aromatic carbocycles. The van der Waals surface area contributed by atoms with Crippen molar-refractivity contribution < 1.29 is 23.8 Å². The predicted molar refractivity (Wildman–Crippen MR) is 68.0 cm³/mol. The molecule has 0 radical (unpaired) electrons. The number of carbonyl (C=O) groups is 1. The molecule has 5 nitrogen and oxygen atoms in total. The smallest absolute Gasteiger partial charge is 0.372 e. The lowest BCUT2D eigenvalue weighted by atomic mass is 9.84. The van der Waals surface area contributed by atoms with Crippen molar-refractivity contribution in [1.29, 1.82) is 0 Å². The highest BCUT2D eigenvalue weighted by Crippen LogP contribution is 2.42. The Hall–Kier alpha value is -2.17. The number of fused-ring (bicyclic) bond motifs is 2. The van der Waals surface area contributed by atoms with Crippen LogP contribution in [0.25, 0.3) is 11.0 Å². The van der Waals surface area contributed by atoms with Crippen LogP contribution in [0.3, 0.4) is 0 Å². The molecule has 0 saturated heterocycles. The second-order valence-electron chi connectivity index (χ2n) is 5.56. The van der Waals surface area contributed by atoms with E-state index >= 15 is 0 Å². The van der Waals surface area contributed by atoms with Gasteiger partial charge in [0.2, 0.25) is 12.6 Å². The molecule has 0 unspecified atom stereocenters. The van der Waals surface area contributed by atoms with Crippen LogP contribution in [-0.4, -0.2) is 17.9 Å². The molecule has 0 saturated carbocycles. The number of ether oxygens (including phenoxy) is 2. The summed E-state index contributed by atoms with van der Waals surface area (Å²) >= 11 is 0. The number of carboxylic acid groups (broad SMARTS) is 1. The van der Waals surface area contributed by atoms with Gasteiger partial charge in [0.15, 0.2) is 11.5 Å². The highest BCUT2D eigenvalue weighted by Gasteiger charge is 2.30. The van der Waals surface area contributed by atoms with Gasteiger partial charge in [-0.3, -0.25) is 0 Å². The average Bonchev–Trinajstić information content (AvgIpc) is 2.86. The van der Waals surface area contributed by atoms with Crippen molar-refractivity contribution in [3.05, 3.63) is 23.5 Å². The van der Waals surface area contributed by atoms with Gasteiger partial charge in [0.25, 0.3) is 0 Å². The summed E-state index contributed by atoms with van der Waals surface area (Å²) in [4.78, 5) is 11.3. The summed E-state index contributed by atoms with van der Waals surface area (Å²) in [6, 6.07) is 3.47. The normalized spacial score (nSPS) is 14.1. The number of hydrogen-bond acceptors (Lipinski definition) is 4. The lowest BCUT2D eigenvalue weighted by Gasteiger charge is -2.18. The van der Waals surface area contributed by atoms with E-state index in [0.29, 0.717) is 22.6 Å². The SMILES string of the molecule is CC(C)(C)c1c(C(=O)O)oc2cc3c(cc12)OCO3. The minimum absolute atomic E-state index is 0.0221. The van der Waals surface area contributed by atoms with Gasteiger partial charge in [-0.25, -0.2) is 4.79 Å². The molecule has 1 N–H and O–H groups in total. The van der Waals surface area contributed by atoms with E-state index in [1.165, 1.54) is 0 Å². The first-order chi connectivity index (χ1) is 8.88. The van der Waals surface area contributed by atoms with Crippen molar-refractivity contribution in [3.8, 4) is 11.5 Å². The lowest BCUT2D eigenvalue weighted by molar-refractivity contribution is 0.0661. The van der Waals surface area contributed by atoms with E-state index in [1.54, 1.807) is 12.1 Å². The molecule has 1 aliphatic rings. The molecular formula is C14H14O5.